The molecule has 0 atom stereocenters. The Morgan fingerprint density at radius 2 is 1.65 bits per heavy atom. The topological polar surface area (TPSA) is 68.8 Å². The van der Waals surface area contributed by atoms with Gasteiger partial charge in [-0.3, -0.25) is 10.1 Å². The summed E-state index contributed by atoms with van der Waals surface area (Å²) in [6.45, 7) is 0.819. The molecule has 0 fully saturated rings. The number of para-hydroxylation sites is 1. The second-order valence-electron chi connectivity index (χ2n) is 6.30. The van der Waals surface area contributed by atoms with Gasteiger partial charge < -0.3 is 19.5 Å². The van der Waals surface area contributed by atoms with E-state index in [2.05, 4.69) is 26.6 Å². The standard InChI is InChI=1S/C23H21BrN2O4S/c1-28-21-11-10-16(14-20(21)24)22(27)26-23(31)25-17-6-5-9-19(15-17)30-13-12-29-18-7-3-2-4-8-18/h2-11,14-15H,12-13H2,1H3,(H2,25,26,27,31). The third-order valence-corrected chi connectivity index (χ3v) is 4.92. The second kappa shape index (κ2) is 11.3. The first kappa shape index (κ1) is 22.6. The number of methoxy groups -OCH3 is 1. The van der Waals surface area contributed by atoms with Crippen molar-refractivity contribution in [2.45, 2.75) is 0 Å². The van der Waals surface area contributed by atoms with Crippen molar-refractivity contribution in [3.8, 4) is 17.2 Å². The zero-order valence-corrected chi connectivity index (χ0v) is 19.2. The summed E-state index contributed by atoms with van der Waals surface area (Å²) in [6, 6.07) is 21.9. The van der Waals surface area contributed by atoms with Crippen molar-refractivity contribution in [2.75, 3.05) is 25.6 Å². The first-order valence-corrected chi connectivity index (χ1v) is 10.6. The Bertz CT molecular complexity index is 1050. The maximum atomic E-state index is 12.4. The van der Waals surface area contributed by atoms with Gasteiger partial charge in [-0.2, -0.15) is 0 Å². The van der Waals surface area contributed by atoms with E-state index in [1.54, 1.807) is 31.4 Å². The molecule has 31 heavy (non-hydrogen) atoms. The number of carbonyl (C=O) groups is 1. The number of amides is 1. The van der Waals surface area contributed by atoms with Crippen molar-refractivity contribution in [1.82, 2.24) is 5.32 Å². The average Bonchev–Trinajstić information content (AvgIpc) is 2.77. The number of thiocarbonyl (C=S) groups is 1. The van der Waals surface area contributed by atoms with E-state index in [1.807, 2.05) is 48.5 Å². The molecule has 6 nitrogen and oxygen atoms in total. The van der Waals surface area contributed by atoms with Crippen molar-refractivity contribution < 1.29 is 19.0 Å². The fraction of sp³-hybridized carbons (Fsp3) is 0.130. The molecule has 0 spiro atoms. The average molecular weight is 501 g/mol. The van der Waals surface area contributed by atoms with Crippen LogP contribution in [-0.2, 0) is 0 Å². The molecule has 2 N–H and O–H groups in total. The Labute approximate surface area is 194 Å². The summed E-state index contributed by atoms with van der Waals surface area (Å²) in [5, 5.41) is 5.83. The molecule has 0 bridgehead atoms. The van der Waals surface area contributed by atoms with E-state index in [0.29, 0.717) is 40.4 Å². The predicted octanol–water partition coefficient (Wildman–Crippen LogP) is 5.04. The van der Waals surface area contributed by atoms with E-state index in [1.165, 1.54) is 0 Å². The smallest absolute Gasteiger partial charge is 0.257 e. The van der Waals surface area contributed by atoms with Crippen LogP contribution in [0, 0.1) is 0 Å². The minimum Gasteiger partial charge on any atom is -0.496 e. The highest BCUT2D eigenvalue weighted by Crippen LogP contribution is 2.25. The Morgan fingerprint density at radius 1 is 0.935 bits per heavy atom. The van der Waals surface area contributed by atoms with Gasteiger partial charge in [-0.1, -0.05) is 24.3 Å². The molecule has 0 saturated carbocycles. The van der Waals surface area contributed by atoms with E-state index in [9.17, 15) is 4.79 Å². The van der Waals surface area contributed by atoms with Crippen LogP contribution in [0.25, 0.3) is 0 Å². The van der Waals surface area contributed by atoms with Crippen LogP contribution in [0.3, 0.4) is 0 Å². The Balaban J connectivity index is 1.48. The molecule has 0 radical (unpaired) electrons. The maximum Gasteiger partial charge on any atom is 0.257 e. The molecular formula is C23H21BrN2O4S. The fourth-order valence-corrected chi connectivity index (χ4v) is 3.40. The molecule has 3 aromatic carbocycles. The minimum atomic E-state index is -0.327. The van der Waals surface area contributed by atoms with E-state index in [-0.39, 0.29) is 11.0 Å². The fourth-order valence-electron chi connectivity index (χ4n) is 2.64. The molecule has 0 unspecified atom stereocenters. The molecule has 0 aliphatic carbocycles. The monoisotopic (exact) mass is 500 g/mol. The number of carbonyl (C=O) groups excluding carboxylic acids is 1. The molecule has 3 aromatic rings. The molecule has 160 valence electrons. The van der Waals surface area contributed by atoms with Gasteiger partial charge in [-0.05, 0) is 70.6 Å². The highest BCUT2D eigenvalue weighted by Gasteiger charge is 2.11. The molecule has 0 saturated heterocycles. The normalized spacial score (nSPS) is 10.1. The summed E-state index contributed by atoms with van der Waals surface area (Å²) >= 11 is 8.62. The zero-order chi connectivity index (χ0) is 22.1. The second-order valence-corrected chi connectivity index (χ2v) is 7.56. The predicted molar refractivity (Wildman–Crippen MR) is 128 cm³/mol. The summed E-state index contributed by atoms with van der Waals surface area (Å²) in [5.41, 5.74) is 1.15. The van der Waals surface area contributed by atoms with Gasteiger partial charge in [0.25, 0.3) is 5.91 Å². The Morgan fingerprint density at radius 3 is 2.35 bits per heavy atom. The Hall–Kier alpha value is -3.10. The van der Waals surface area contributed by atoms with Crippen LogP contribution in [0.2, 0.25) is 0 Å². The lowest BCUT2D eigenvalue weighted by molar-refractivity contribution is 0.0977. The number of anilines is 1. The van der Waals surface area contributed by atoms with E-state index >= 15 is 0 Å². The number of benzene rings is 3. The van der Waals surface area contributed by atoms with Crippen molar-refractivity contribution in [3.63, 3.8) is 0 Å². The molecule has 0 aliphatic heterocycles. The van der Waals surface area contributed by atoms with Crippen LogP contribution in [0.5, 0.6) is 17.2 Å². The number of rotatable bonds is 8. The van der Waals surface area contributed by atoms with Crippen LogP contribution >= 0.6 is 28.1 Å². The summed E-state index contributed by atoms with van der Waals surface area (Å²) in [7, 11) is 1.56. The minimum absolute atomic E-state index is 0.182. The third-order valence-electron chi connectivity index (χ3n) is 4.10. The van der Waals surface area contributed by atoms with Crippen LogP contribution in [0.15, 0.2) is 77.3 Å². The number of hydrogen-bond donors (Lipinski definition) is 2. The van der Waals surface area contributed by atoms with Gasteiger partial charge >= 0.3 is 0 Å². The molecular weight excluding hydrogens is 480 g/mol. The lowest BCUT2D eigenvalue weighted by atomic mass is 10.2. The van der Waals surface area contributed by atoms with Crippen LogP contribution in [0.4, 0.5) is 5.69 Å². The van der Waals surface area contributed by atoms with Crippen molar-refractivity contribution in [3.05, 3.63) is 82.8 Å². The lowest BCUT2D eigenvalue weighted by Gasteiger charge is -2.12. The molecule has 0 aromatic heterocycles. The van der Waals surface area contributed by atoms with Crippen LogP contribution < -0.4 is 24.8 Å². The summed E-state index contributed by atoms with van der Waals surface area (Å²) < 4.78 is 17.2. The van der Waals surface area contributed by atoms with Gasteiger partial charge in [0.1, 0.15) is 30.5 Å². The third kappa shape index (κ3) is 6.97. The quantitative estimate of drug-likeness (QED) is 0.333. The first-order valence-electron chi connectivity index (χ1n) is 9.42. The zero-order valence-electron chi connectivity index (χ0n) is 16.8. The van der Waals surface area contributed by atoms with Crippen LogP contribution in [-0.4, -0.2) is 31.3 Å². The van der Waals surface area contributed by atoms with E-state index < -0.39 is 0 Å². The summed E-state index contributed by atoms with van der Waals surface area (Å²) in [5.74, 6) is 1.77. The van der Waals surface area contributed by atoms with Crippen molar-refractivity contribution in [2.24, 2.45) is 0 Å². The molecule has 0 heterocycles. The molecule has 3 rings (SSSR count). The number of nitrogens with one attached hydrogen (secondary N) is 2. The Kier molecular flexibility index (Phi) is 8.26. The van der Waals surface area contributed by atoms with Crippen LogP contribution in [0.1, 0.15) is 10.4 Å². The van der Waals surface area contributed by atoms with Gasteiger partial charge in [-0.25, -0.2) is 0 Å². The van der Waals surface area contributed by atoms with E-state index in [0.717, 1.165) is 5.75 Å². The van der Waals surface area contributed by atoms with Crippen molar-refractivity contribution in [1.29, 1.82) is 0 Å². The van der Waals surface area contributed by atoms with E-state index in [4.69, 9.17) is 26.4 Å². The summed E-state index contributed by atoms with van der Waals surface area (Å²) in [6.07, 6.45) is 0. The first-order chi connectivity index (χ1) is 15.0. The maximum absolute atomic E-state index is 12.4. The largest absolute Gasteiger partial charge is 0.496 e. The van der Waals surface area contributed by atoms with Gasteiger partial charge in [0.05, 0.1) is 11.6 Å². The number of ether oxygens (including phenoxy) is 3. The van der Waals surface area contributed by atoms with Gasteiger partial charge in [-0.15, -0.1) is 0 Å². The molecule has 8 heteroatoms. The number of halogens is 1. The molecule has 0 aliphatic rings. The summed E-state index contributed by atoms with van der Waals surface area (Å²) in [4.78, 5) is 12.4. The highest BCUT2D eigenvalue weighted by atomic mass is 79.9. The lowest BCUT2D eigenvalue weighted by Crippen LogP contribution is -2.34. The van der Waals surface area contributed by atoms with Gasteiger partial charge in [0.2, 0.25) is 0 Å². The number of hydrogen-bond acceptors (Lipinski definition) is 5. The molecule has 1 amide bonds. The van der Waals surface area contributed by atoms with Crippen molar-refractivity contribution >= 4 is 44.9 Å². The van der Waals surface area contributed by atoms with Gasteiger partial charge in [0, 0.05) is 17.3 Å². The SMILES string of the molecule is COc1ccc(C(=O)NC(=S)Nc2cccc(OCCOc3ccccc3)c2)cc1Br. The highest BCUT2D eigenvalue weighted by molar-refractivity contribution is 9.10. The van der Waals surface area contributed by atoms with Gasteiger partial charge in [0.15, 0.2) is 5.11 Å².